The molecule has 2 bridgehead atoms. The van der Waals surface area contributed by atoms with Crippen molar-refractivity contribution in [1.82, 2.24) is 4.90 Å². The molecule has 3 heteroatoms. The quantitative estimate of drug-likeness (QED) is 0.725. The molecule has 2 saturated carbocycles. The van der Waals surface area contributed by atoms with Crippen LogP contribution < -0.4 is 0 Å². The van der Waals surface area contributed by atoms with Gasteiger partial charge in [-0.1, -0.05) is 6.92 Å². The van der Waals surface area contributed by atoms with E-state index in [4.69, 9.17) is 0 Å². The average molecular weight is 263 g/mol. The Morgan fingerprint density at radius 2 is 2.11 bits per heavy atom. The molecule has 2 heterocycles. The molecule has 2 aliphatic carbocycles. The van der Waals surface area contributed by atoms with E-state index in [1.54, 1.807) is 0 Å². The third-order valence-electron chi connectivity index (χ3n) is 6.79. The molecule has 19 heavy (non-hydrogen) atoms. The molecule has 1 N–H and O–H groups in total. The third-order valence-corrected chi connectivity index (χ3v) is 6.79. The highest BCUT2D eigenvalue weighted by Gasteiger charge is 2.65. The second kappa shape index (κ2) is 4.05. The second-order valence-corrected chi connectivity index (χ2v) is 7.44. The highest BCUT2D eigenvalue weighted by molar-refractivity contribution is 5.85. The Balaban J connectivity index is 1.85. The SMILES string of the molecule is CC1CC2N3CCC[C@@H]4C(=O)CC(C1O)[C@]24CCC3. The topological polar surface area (TPSA) is 40.5 Å². The van der Waals surface area contributed by atoms with Gasteiger partial charge >= 0.3 is 0 Å². The Kier molecular flexibility index (Phi) is 2.63. The highest BCUT2D eigenvalue weighted by Crippen LogP contribution is 2.62. The Morgan fingerprint density at radius 1 is 1.32 bits per heavy atom. The lowest BCUT2D eigenvalue weighted by atomic mass is 9.54. The van der Waals surface area contributed by atoms with E-state index in [-0.39, 0.29) is 23.4 Å². The summed E-state index contributed by atoms with van der Waals surface area (Å²) in [7, 11) is 0. The number of hydrogen-bond donors (Lipinski definition) is 1. The van der Waals surface area contributed by atoms with Crippen molar-refractivity contribution in [3.63, 3.8) is 0 Å². The molecule has 4 fully saturated rings. The maximum atomic E-state index is 12.5. The first-order valence-corrected chi connectivity index (χ1v) is 8.09. The van der Waals surface area contributed by atoms with Gasteiger partial charge in [-0.3, -0.25) is 9.69 Å². The van der Waals surface area contributed by atoms with Gasteiger partial charge in [-0.25, -0.2) is 0 Å². The van der Waals surface area contributed by atoms with Crippen molar-refractivity contribution in [2.24, 2.45) is 23.2 Å². The molecular formula is C16H25NO2. The van der Waals surface area contributed by atoms with Crippen LogP contribution in [-0.2, 0) is 4.79 Å². The maximum Gasteiger partial charge on any atom is 0.137 e. The van der Waals surface area contributed by atoms with Crippen LogP contribution in [0.5, 0.6) is 0 Å². The zero-order valence-electron chi connectivity index (χ0n) is 11.8. The van der Waals surface area contributed by atoms with Crippen molar-refractivity contribution >= 4 is 5.78 Å². The van der Waals surface area contributed by atoms with Crippen LogP contribution in [0.3, 0.4) is 0 Å². The van der Waals surface area contributed by atoms with E-state index in [1.807, 2.05) is 0 Å². The first-order valence-electron chi connectivity index (χ1n) is 8.09. The number of carbonyl (C=O) groups excluding carboxylic acids is 1. The summed E-state index contributed by atoms with van der Waals surface area (Å²) in [6, 6.07) is 0.573. The lowest BCUT2D eigenvalue weighted by Gasteiger charge is -2.57. The van der Waals surface area contributed by atoms with Crippen molar-refractivity contribution in [1.29, 1.82) is 0 Å². The summed E-state index contributed by atoms with van der Waals surface area (Å²) in [4.78, 5) is 15.2. The van der Waals surface area contributed by atoms with Crippen molar-refractivity contribution in [2.45, 2.75) is 57.6 Å². The van der Waals surface area contributed by atoms with Gasteiger partial charge in [0.25, 0.3) is 0 Å². The zero-order chi connectivity index (χ0) is 13.2. The predicted octanol–water partition coefficient (Wildman–Crippen LogP) is 1.84. The van der Waals surface area contributed by atoms with E-state index in [0.717, 1.165) is 12.8 Å². The molecule has 5 unspecified atom stereocenters. The monoisotopic (exact) mass is 263 g/mol. The van der Waals surface area contributed by atoms with E-state index in [1.165, 1.54) is 32.4 Å². The summed E-state index contributed by atoms with van der Waals surface area (Å²) in [6.45, 7) is 4.56. The molecule has 0 aromatic carbocycles. The number of rotatable bonds is 0. The van der Waals surface area contributed by atoms with Crippen LogP contribution >= 0.6 is 0 Å². The molecular weight excluding hydrogens is 238 g/mol. The van der Waals surface area contributed by atoms with Crippen molar-refractivity contribution in [2.75, 3.05) is 13.1 Å². The summed E-state index contributed by atoms with van der Waals surface area (Å²) in [5.41, 5.74) is 0.137. The minimum atomic E-state index is -0.247. The van der Waals surface area contributed by atoms with Gasteiger partial charge in [0.15, 0.2) is 0 Å². The largest absolute Gasteiger partial charge is 0.393 e. The second-order valence-electron chi connectivity index (χ2n) is 7.44. The Labute approximate surface area is 115 Å². The van der Waals surface area contributed by atoms with Crippen LogP contribution in [0.1, 0.15) is 45.4 Å². The molecule has 0 radical (unpaired) electrons. The molecule has 0 aromatic heterocycles. The van der Waals surface area contributed by atoms with Gasteiger partial charge in [-0.2, -0.15) is 0 Å². The first-order chi connectivity index (χ1) is 9.14. The molecule has 2 saturated heterocycles. The van der Waals surface area contributed by atoms with E-state index in [9.17, 15) is 9.90 Å². The highest BCUT2D eigenvalue weighted by atomic mass is 16.3. The summed E-state index contributed by atoms with van der Waals surface area (Å²) >= 11 is 0. The van der Waals surface area contributed by atoms with Gasteiger partial charge < -0.3 is 5.11 Å². The van der Waals surface area contributed by atoms with Crippen LogP contribution in [0.2, 0.25) is 0 Å². The molecule has 1 spiro atoms. The van der Waals surface area contributed by atoms with Crippen molar-refractivity contribution in [3.8, 4) is 0 Å². The molecule has 4 rings (SSSR count). The lowest BCUT2D eigenvalue weighted by molar-refractivity contribution is -0.135. The number of Topliss-reactive ketones (excluding diaryl/α,β-unsaturated/α-hetero) is 1. The third kappa shape index (κ3) is 1.43. The summed E-state index contributed by atoms with van der Waals surface area (Å²) in [6.07, 6.45) is 6.15. The van der Waals surface area contributed by atoms with E-state index >= 15 is 0 Å². The molecule has 3 nitrogen and oxygen atoms in total. The summed E-state index contributed by atoms with van der Waals surface area (Å²) < 4.78 is 0. The van der Waals surface area contributed by atoms with Crippen molar-refractivity contribution < 1.29 is 9.90 Å². The standard InChI is InChI=1S/C16H25NO2/c1-10-8-14-16-5-3-7-17(14)6-2-4-11(16)13(18)9-12(16)15(10)19/h10-12,14-15,19H,2-9H2,1H3/t10?,11-,12?,14?,15?,16-/m1/s1. The number of nitrogens with zero attached hydrogens (tertiary/aromatic N) is 1. The number of hydrogen-bond acceptors (Lipinski definition) is 3. The normalized spacial score (nSPS) is 56.6. The number of carbonyl (C=O) groups is 1. The van der Waals surface area contributed by atoms with Gasteiger partial charge in [0.05, 0.1) is 6.10 Å². The van der Waals surface area contributed by atoms with Gasteiger partial charge in [0, 0.05) is 23.8 Å². The number of aliphatic hydroxyl groups is 1. The first kappa shape index (κ1) is 12.3. The van der Waals surface area contributed by atoms with Gasteiger partial charge in [0.1, 0.15) is 5.78 Å². The average Bonchev–Trinajstić information content (AvgIpc) is 2.62. The lowest BCUT2D eigenvalue weighted by Crippen LogP contribution is -2.61. The van der Waals surface area contributed by atoms with Gasteiger partial charge in [-0.05, 0) is 57.0 Å². The van der Waals surface area contributed by atoms with E-state index in [2.05, 4.69) is 11.8 Å². The van der Waals surface area contributed by atoms with Crippen LogP contribution in [0, 0.1) is 23.2 Å². The Hall–Kier alpha value is -0.410. The summed E-state index contributed by atoms with van der Waals surface area (Å²) in [5.74, 6) is 1.33. The predicted molar refractivity (Wildman–Crippen MR) is 72.7 cm³/mol. The zero-order valence-corrected chi connectivity index (χ0v) is 11.8. The number of ketones is 1. The molecule has 0 amide bonds. The summed E-state index contributed by atoms with van der Waals surface area (Å²) in [5, 5.41) is 10.6. The van der Waals surface area contributed by atoms with Gasteiger partial charge in [0.2, 0.25) is 0 Å². The van der Waals surface area contributed by atoms with E-state index < -0.39 is 0 Å². The van der Waals surface area contributed by atoms with Crippen LogP contribution in [-0.4, -0.2) is 41.0 Å². The number of aliphatic hydroxyl groups excluding tert-OH is 1. The van der Waals surface area contributed by atoms with Crippen LogP contribution in [0.25, 0.3) is 0 Å². The molecule has 4 aliphatic rings. The minimum absolute atomic E-state index is 0.137. The molecule has 0 aromatic rings. The smallest absolute Gasteiger partial charge is 0.137 e. The van der Waals surface area contributed by atoms with Crippen LogP contribution in [0.4, 0.5) is 0 Å². The van der Waals surface area contributed by atoms with Crippen molar-refractivity contribution in [3.05, 3.63) is 0 Å². The van der Waals surface area contributed by atoms with E-state index in [0.29, 0.717) is 24.2 Å². The fourth-order valence-electron chi connectivity index (χ4n) is 6.09. The Morgan fingerprint density at radius 3 is 2.95 bits per heavy atom. The fourth-order valence-corrected chi connectivity index (χ4v) is 6.09. The van der Waals surface area contributed by atoms with Gasteiger partial charge in [-0.15, -0.1) is 0 Å². The number of piperidine rings is 1. The molecule has 106 valence electrons. The minimum Gasteiger partial charge on any atom is -0.393 e. The molecule has 7 atom stereocenters. The molecule has 2 aliphatic heterocycles. The fraction of sp³-hybridized carbons (Fsp3) is 0.938. The Bertz CT molecular complexity index is 410. The maximum absolute atomic E-state index is 12.5. The van der Waals surface area contributed by atoms with Crippen LogP contribution in [0.15, 0.2) is 0 Å².